The van der Waals surface area contributed by atoms with Crippen molar-refractivity contribution in [1.82, 2.24) is 14.5 Å². The van der Waals surface area contributed by atoms with Crippen molar-refractivity contribution in [3.63, 3.8) is 0 Å². The van der Waals surface area contributed by atoms with E-state index in [-0.39, 0.29) is 12.1 Å². The predicted molar refractivity (Wildman–Crippen MR) is 146 cm³/mol. The Balaban J connectivity index is 1.77. The fourth-order valence-corrected chi connectivity index (χ4v) is 4.90. The minimum absolute atomic E-state index is 0.182. The van der Waals surface area contributed by atoms with Gasteiger partial charge < -0.3 is 15.0 Å². The maximum Gasteiger partial charge on any atom is 0.0900 e. The average Bonchev–Trinajstić information content (AvgIpc) is 2.91. The van der Waals surface area contributed by atoms with Gasteiger partial charge in [0.2, 0.25) is 0 Å². The molecular weight excluding hydrogens is 446 g/mol. The van der Waals surface area contributed by atoms with Crippen molar-refractivity contribution in [1.29, 1.82) is 0 Å². The Hall–Kier alpha value is -3.77. The minimum atomic E-state index is -0.208. The zero-order valence-electron chi connectivity index (χ0n) is 21.1. The number of nitrogens with zero attached hydrogens (tertiary/aromatic N) is 4. The van der Waals surface area contributed by atoms with E-state index >= 15 is 0 Å². The molecule has 184 valence electrons. The highest BCUT2D eigenvalue weighted by molar-refractivity contribution is 5.70. The summed E-state index contributed by atoms with van der Waals surface area (Å²) >= 11 is 0. The van der Waals surface area contributed by atoms with E-state index in [1.165, 1.54) is 0 Å². The van der Waals surface area contributed by atoms with Crippen LogP contribution in [-0.4, -0.2) is 31.8 Å². The number of hydrogen-bond acceptors (Lipinski definition) is 5. The molecule has 1 aromatic carbocycles. The smallest absolute Gasteiger partial charge is 0.0900 e. The third kappa shape index (κ3) is 4.95. The van der Waals surface area contributed by atoms with Crippen molar-refractivity contribution >= 4 is 23.5 Å². The van der Waals surface area contributed by atoms with Gasteiger partial charge in [-0.05, 0) is 82.9 Å². The summed E-state index contributed by atoms with van der Waals surface area (Å²) in [6.45, 7) is 6.05. The van der Waals surface area contributed by atoms with E-state index in [1.54, 1.807) is 0 Å². The quantitative estimate of drug-likeness (QED) is 0.459. The molecule has 2 heterocycles. The lowest BCUT2D eigenvalue weighted by Crippen LogP contribution is -2.39. The Morgan fingerprint density at radius 3 is 2.44 bits per heavy atom. The van der Waals surface area contributed by atoms with Gasteiger partial charge >= 0.3 is 0 Å². The number of nitrogens with one attached hydrogen (secondary N) is 1. The summed E-state index contributed by atoms with van der Waals surface area (Å²) in [6, 6.07) is 18.8. The highest BCUT2D eigenvalue weighted by Crippen LogP contribution is 2.25. The Bertz CT molecular complexity index is 1500. The first-order valence-electron chi connectivity index (χ1n) is 12.7. The van der Waals surface area contributed by atoms with Gasteiger partial charge in [0, 0.05) is 11.4 Å². The van der Waals surface area contributed by atoms with E-state index in [0.717, 1.165) is 75.9 Å². The fraction of sp³-hybridized carbons (Fsp3) is 0.300. The number of aromatic nitrogens is 3. The Morgan fingerprint density at radius 2 is 1.78 bits per heavy atom. The lowest BCUT2D eigenvalue weighted by atomic mass is 9.93. The molecule has 0 atom stereocenters. The van der Waals surface area contributed by atoms with E-state index in [4.69, 9.17) is 9.98 Å². The van der Waals surface area contributed by atoms with Crippen LogP contribution >= 0.6 is 0 Å². The second-order valence-corrected chi connectivity index (χ2v) is 9.39. The van der Waals surface area contributed by atoms with Crippen LogP contribution in [0.3, 0.4) is 0 Å². The van der Waals surface area contributed by atoms with Crippen molar-refractivity contribution in [3.05, 3.63) is 82.5 Å². The lowest BCUT2D eigenvalue weighted by Gasteiger charge is -2.23. The zero-order chi connectivity index (χ0) is 25.1. The van der Waals surface area contributed by atoms with Crippen molar-refractivity contribution in [2.45, 2.75) is 58.6 Å². The lowest BCUT2D eigenvalue weighted by molar-refractivity contribution is 0.123. The maximum absolute atomic E-state index is 10.00. The Kier molecular flexibility index (Phi) is 6.96. The molecule has 2 aromatic rings. The standard InChI is InChI=1S/C30H33N5O/c1-4-25-29(5-2)35(23-9-7-6-8-10-23)30-18-27(32-21-13-15-24(36)16-14-21)26(17-28(30)34-25)33-22-12-11-20(3)31-19-22/h4-12,17-19,21,24,33,36H,13-16H2,1-3H3/b25-4+,29-5+,32-27+. The van der Waals surface area contributed by atoms with Gasteiger partial charge in [0.1, 0.15) is 0 Å². The van der Waals surface area contributed by atoms with Crippen molar-refractivity contribution < 1.29 is 5.11 Å². The molecule has 1 aliphatic heterocycles. The first-order valence-corrected chi connectivity index (χ1v) is 12.7. The van der Waals surface area contributed by atoms with Crippen molar-refractivity contribution in [3.8, 4) is 17.1 Å². The summed E-state index contributed by atoms with van der Waals surface area (Å²) in [5.74, 6) is 0. The number of aliphatic hydroxyl groups excluding tert-OH is 1. The molecule has 0 amide bonds. The van der Waals surface area contributed by atoms with E-state index in [1.807, 2.05) is 45.2 Å². The normalized spacial score (nSPS) is 19.7. The Labute approximate surface area is 211 Å². The fourth-order valence-electron chi connectivity index (χ4n) is 4.90. The van der Waals surface area contributed by atoms with Crippen molar-refractivity contribution in [2.24, 2.45) is 4.99 Å². The molecule has 0 unspecified atom stereocenters. The van der Waals surface area contributed by atoms with Gasteiger partial charge in [-0.2, -0.15) is 0 Å². The number of aryl methyl sites for hydroxylation is 1. The van der Waals surface area contributed by atoms with Gasteiger partial charge in [0.25, 0.3) is 0 Å². The highest BCUT2D eigenvalue weighted by Gasteiger charge is 2.20. The maximum atomic E-state index is 10.00. The van der Waals surface area contributed by atoms with Crippen LogP contribution in [0.15, 0.2) is 65.8 Å². The first-order chi connectivity index (χ1) is 17.6. The molecule has 2 aliphatic carbocycles. The van der Waals surface area contributed by atoms with Gasteiger partial charge in [-0.15, -0.1) is 0 Å². The third-order valence-electron chi connectivity index (χ3n) is 6.82. The van der Waals surface area contributed by atoms with Crippen molar-refractivity contribution in [2.75, 3.05) is 5.32 Å². The molecule has 1 saturated carbocycles. The number of benzene rings is 2. The molecule has 1 aromatic heterocycles. The number of rotatable bonds is 4. The van der Waals surface area contributed by atoms with Gasteiger partial charge in [0.05, 0.1) is 57.2 Å². The molecule has 0 saturated heterocycles. The molecule has 6 nitrogen and oxygen atoms in total. The van der Waals surface area contributed by atoms with E-state index in [9.17, 15) is 5.11 Å². The topological polar surface area (TPSA) is 75.3 Å². The number of pyridine rings is 1. The summed E-state index contributed by atoms with van der Waals surface area (Å²) in [5, 5.41) is 16.4. The summed E-state index contributed by atoms with van der Waals surface area (Å²) in [4.78, 5) is 14.7. The second kappa shape index (κ2) is 10.5. The molecule has 0 radical (unpaired) electrons. The van der Waals surface area contributed by atoms with Crippen LogP contribution in [0.4, 0.5) is 11.4 Å². The molecule has 3 aliphatic rings. The van der Waals surface area contributed by atoms with E-state index < -0.39 is 0 Å². The van der Waals surface area contributed by atoms with Crippen LogP contribution in [0.2, 0.25) is 0 Å². The number of hydrogen-bond donors (Lipinski definition) is 2. The van der Waals surface area contributed by atoms with Crippen LogP contribution < -0.4 is 21.4 Å². The monoisotopic (exact) mass is 479 g/mol. The molecule has 0 bridgehead atoms. The van der Waals surface area contributed by atoms with Gasteiger partial charge in [-0.25, -0.2) is 4.98 Å². The average molecular weight is 480 g/mol. The number of para-hydroxylation sites is 1. The zero-order valence-corrected chi connectivity index (χ0v) is 21.1. The number of aliphatic hydroxyl groups is 1. The predicted octanol–water partition coefficient (Wildman–Crippen LogP) is 4.23. The van der Waals surface area contributed by atoms with E-state index in [2.05, 4.69) is 63.4 Å². The largest absolute Gasteiger partial charge is 0.393 e. The molecular formula is C30H33N5O. The van der Waals surface area contributed by atoms with Crippen LogP contribution in [-0.2, 0) is 0 Å². The summed E-state index contributed by atoms with van der Waals surface area (Å²) in [5.41, 5.74) is 5.76. The molecule has 5 rings (SSSR count). The summed E-state index contributed by atoms with van der Waals surface area (Å²) in [7, 11) is 0. The SMILES string of the molecule is C/C=c1/nc2cc(Nc3ccc(C)nc3)/c(=N/C3CCC(O)CC3)cc-2n(-c2ccccc2)/c1=C/C. The van der Waals surface area contributed by atoms with Crippen LogP contribution in [0.1, 0.15) is 45.2 Å². The molecule has 2 N–H and O–H groups in total. The molecule has 0 spiro atoms. The number of fused-ring (bicyclic) bond motifs is 1. The van der Waals surface area contributed by atoms with Gasteiger partial charge in [-0.3, -0.25) is 9.98 Å². The van der Waals surface area contributed by atoms with E-state index in [0.29, 0.717) is 0 Å². The number of anilines is 2. The minimum Gasteiger partial charge on any atom is -0.393 e. The molecule has 6 heteroatoms. The third-order valence-corrected chi connectivity index (χ3v) is 6.82. The Morgan fingerprint density at radius 1 is 1.00 bits per heavy atom. The second-order valence-electron chi connectivity index (χ2n) is 9.39. The highest BCUT2D eigenvalue weighted by atomic mass is 16.3. The molecule has 1 fully saturated rings. The summed E-state index contributed by atoms with van der Waals surface area (Å²) < 4.78 is 2.26. The van der Waals surface area contributed by atoms with Gasteiger partial charge in [0.15, 0.2) is 0 Å². The summed E-state index contributed by atoms with van der Waals surface area (Å²) in [6.07, 6.45) is 9.16. The first kappa shape index (κ1) is 23.9. The van der Waals surface area contributed by atoms with Crippen LogP contribution in [0, 0.1) is 6.92 Å². The van der Waals surface area contributed by atoms with Crippen LogP contribution in [0.25, 0.3) is 29.2 Å². The van der Waals surface area contributed by atoms with Gasteiger partial charge in [-0.1, -0.05) is 30.4 Å². The van der Waals surface area contributed by atoms with Crippen LogP contribution in [0.5, 0.6) is 0 Å². The molecule has 36 heavy (non-hydrogen) atoms.